The van der Waals surface area contributed by atoms with Crippen molar-refractivity contribution in [3.8, 4) is 0 Å². The maximum absolute atomic E-state index is 12.5. The Labute approximate surface area is 167 Å². The first-order chi connectivity index (χ1) is 13.1. The van der Waals surface area contributed by atoms with Crippen molar-refractivity contribution in [1.29, 1.82) is 0 Å². The second-order valence-electron chi connectivity index (χ2n) is 7.84. The molecule has 2 aromatic rings. The number of amides is 1. The Kier molecular flexibility index (Phi) is 5.76. The Bertz CT molecular complexity index is 969. The smallest absolute Gasteiger partial charge is 0.251 e. The number of benzene rings is 2. The van der Waals surface area contributed by atoms with Crippen molar-refractivity contribution >= 4 is 21.6 Å². The van der Waals surface area contributed by atoms with Gasteiger partial charge >= 0.3 is 0 Å². The van der Waals surface area contributed by atoms with Crippen molar-refractivity contribution in [1.82, 2.24) is 5.32 Å². The summed E-state index contributed by atoms with van der Waals surface area (Å²) >= 11 is 0. The van der Waals surface area contributed by atoms with E-state index in [2.05, 4.69) is 31.5 Å². The fourth-order valence-electron chi connectivity index (χ4n) is 3.72. The predicted molar refractivity (Wildman–Crippen MR) is 111 cm³/mol. The SMILES string of the molecule is C[C@@H]1Cc2cc(C(=O)NCc3ccc(C[NH+](C)C)cc3)ccc2N1S(C)(=O)=O. The highest BCUT2D eigenvalue weighted by atomic mass is 32.2. The molecule has 0 saturated carbocycles. The number of carbonyl (C=O) groups excluding carboxylic acids is 1. The van der Waals surface area contributed by atoms with Crippen LogP contribution in [0.25, 0.3) is 0 Å². The minimum absolute atomic E-state index is 0.133. The van der Waals surface area contributed by atoms with E-state index in [4.69, 9.17) is 0 Å². The van der Waals surface area contributed by atoms with Crippen molar-refractivity contribution in [2.75, 3.05) is 24.7 Å². The maximum atomic E-state index is 12.5. The number of carbonyl (C=O) groups is 1. The molecular formula is C21H28N3O3S+. The molecule has 1 aliphatic rings. The molecule has 7 heteroatoms. The molecule has 0 spiro atoms. The van der Waals surface area contributed by atoms with Gasteiger partial charge in [0.15, 0.2) is 0 Å². The average Bonchev–Trinajstić information content (AvgIpc) is 2.95. The van der Waals surface area contributed by atoms with Crippen molar-refractivity contribution in [2.45, 2.75) is 32.5 Å². The largest absolute Gasteiger partial charge is 0.348 e. The number of nitrogens with one attached hydrogen (secondary N) is 2. The Morgan fingerprint density at radius 3 is 2.39 bits per heavy atom. The van der Waals surface area contributed by atoms with Gasteiger partial charge in [0, 0.05) is 23.7 Å². The number of hydrogen-bond acceptors (Lipinski definition) is 3. The third kappa shape index (κ3) is 4.54. The lowest BCUT2D eigenvalue weighted by atomic mass is 10.1. The quantitative estimate of drug-likeness (QED) is 0.757. The number of fused-ring (bicyclic) bond motifs is 1. The minimum atomic E-state index is -3.32. The zero-order valence-corrected chi connectivity index (χ0v) is 17.6. The van der Waals surface area contributed by atoms with E-state index in [0.717, 1.165) is 17.7 Å². The van der Waals surface area contributed by atoms with Crippen LogP contribution in [0.2, 0.25) is 0 Å². The number of anilines is 1. The lowest BCUT2D eigenvalue weighted by Crippen LogP contribution is -3.04. The Morgan fingerprint density at radius 2 is 1.79 bits per heavy atom. The first-order valence-corrected chi connectivity index (χ1v) is 11.3. The molecule has 0 aliphatic carbocycles. The van der Waals surface area contributed by atoms with Crippen LogP contribution in [0.1, 0.15) is 34.0 Å². The molecule has 1 amide bonds. The molecular weight excluding hydrogens is 374 g/mol. The van der Waals surface area contributed by atoms with Crippen molar-refractivity contribution < 1.29 is 18.1 Å². The van der Waals surface area contributed by atoms with Gasteiger partial charge in [-0.15, -0.1) is 0 Å². The van der Waals surface area contributed by atoms with E-state index in [1.165, 1.54) is 21.0 Å². The molecule has 0 saturated heterocycles. The standard InChI is InChI=1S/C21H27N3O3S/c1-15-11-19-12-18(9-10-20(19)24(15)28(4,26)27)21(25)22-13-16-5-7-17(8-6-16)14-23(2)3/h5-10,12,15H,11,13-14H2,1-4H3,(H,22,25)/p+1/t15-/m1/s1. The zero-order chi connectivity index (χ0) is 20.5. The summed E-state index contributed by atoms with van der Waals surface area (Å²) in [6.07, 6.45) is 1.82. The van der Waals surface area contributed by atoms with Crippen LogP contribution < -0.4 is 14.5 Å². The Hall–Kier alpha value is -2.38. The van der Waals surface area contributed by atoms with E-state index in [0.29, 0.717) is 24.2 Å². The summed E-state index contributed by atoms with van der Waals surface area (Å²) in [5, 5.41) is 2.94. The first-order valence-electron chi connectivity index (χ1n) is 9.42. The van der Waals surface area contributed by atoms with Crippen LogP contribution in [0.4, 0.5) is 5.69 Å². The van der Waals surface area contributed by atoms with Crippen LogP contribution >= 0.6 is 0 Å². The van der Waals surface area contributed by atoms with Crippen LogP contribution in [0.15, 0.2) is 42.5 Å². The third-order valence-corrected chi connectivity index (χ3v) is 6.16. The Balaban J connectivity index is 1.67. The van der Waals surface area contributed by atoms with E-state index >= 15 is 0 Å². The number of rotatable bonds is 6. The Morgan fingerprint density at radius 1 is 1.14 bits per heavy atom. The van der Waals surface area contributed by atoms with E-state index in [-0.39, 0.29) is 11.9 Å². The second kappa shape index (κ2) is 7.93. The van der Waals surface area contributed by atoms with E-state index < -0.39 is 10.0 Å². The molecule has 0 unspecified atom stereocenters. The van der Waals surface area contributed by atoms with Gasteiger partial charge in [-0.2, -0.15) is 0 Å². The topological polar surface area (TPSA) is 70.9 Å². The summed E-state index contributed by atoms with van der Waals surface area (Å²) in [6.45, 7) is 3.30. The predicted octanol–water partition coefficient (Wildman–Crippen LogP) is 0.972. The van der Waals surface area contributed by atoms with Gasteiger partial charge in [-0.1, -0.05) is 24.3 Å². The summed E-state index contributed by atoms with van der Waals surface area (Å²) in [6, 6.07) is 13.3. The number of hydrogen-bond donors (Lipinski definition) is 2. The molecule has 0 radical (unpaired) electrons. The number of sulfonamides is 1. The molecule has 1 heterocycles. The van der Waals surface area contributed by atoms with Crippen LogP contribution in [0.5, 0.6) is 0 Å². The van der Waals surface area contributed by atoms with Gasteiger partial charge in [0.2, 0.25) is 10.0 Å². The number of quaternary nitrogens is 1. The first kappa shape index (κ1) is 20.4. The normalized spacial score (nSPS) is 16.3. The van der Waals surface area contributed by atoms with Gasteiger partial charge in [-0.05, 0) is 42.7 Å². The highest BCUT2D eigenvalue weighted by Crippen LogP contribution is 2.34. The van der Waals surface area contributed by atoms with Crippen LogP contribution in [-0.4, -0.2) is 40.7 Å². The molecule has 2 aromatic carbocycles. The summed E-state index contributed by atoms with van der Waals surface area (Å²) < 4.78 is 25.5. The van der Waals surface area contributed by atoms with Gasteiger partial charge in [0.25, 0.3) is 5.91 Å². The van der Waals surface area contributed by atoms with Crippen LogP contribution in [-0.2, 0) is 29.5 Å². The minimum Gasteiger partial charge on any atom is -0.348 e. The fraction of sp³-hybridized carbons (Fsp3) is 0.381. The summed E-state index contributed by atoms with van der Waals surface area (Å²) in [4.78, 5) is 13.9. The van der Waals surface area contributed by atoms with Gasteiger partial charge in [0.05, 0.1) is 26.0 Å². The van der Waals surface area contributed by atoms with Gasteiger partial charge in [0.1, 0.15) is 6.54 Å². The molecule has 0 fully saturated rings. The maximum Gasteiger partial charge on any atom is 0.251 e. The summed E-state index contributed by atoms with van der Waals surface area (Å²) in [5.41, 5.74) is 4.42. The molecule has 28 heavy (non-hydrogen) atoms. The van der Waals surface area contributed by atoms with Gasteiger partial charge in [-0.25, -0.2) is 8.42 Å². The lowest BCUT2D eigenvalue weighted by Gasteiger charge is -2.21. The summed E-state index contributed by atoms with van der Waals surface area (Å²) in [7, 11) is 0.899. The molecule has 3 rings (SSSR count). The van der Waals surface area contributed by atoms with Crippen molar-refractivity contribution in [2.24, 2.45) is 0 Å². The molecule has 0 bridgehead atoms. The zero-order valence-electron chi connectivity index (χ0n) is 16.8. The van der Waals surface area contributed by atoms with Crippen LogP contribution in [0, 0.1) is 0 Å². The molecule has 150 valence electrons. The molecule has 1 aliphatic heterocycles. The van der Waals surface area contributed by atoms with E-state index in [1.54, 1.807) is 18.2 Å². The lowest BCUT2D eigenvalue weighted by molar-refractivity contribution is -0.872. The van der Waals surface area contributed by atoms with Crippen molar-refractivity contribution in [3.63, 3.8) is 0 Å². The average molecular weight is 403 g/mol. The molecule has 0 aromatic heterocycles. The van der Waals surface area contributed by atoms with Gasteiger partial charge in [-0.3, -0.25) is 9.10 Å². The highest BCUT2D eigenvalue weighted by molar-refractivity contribution is 7.92. The van der Waals surface area contributed by atoms with Gasteiger partial charge < -0.3 is 10.2 Å². The fourth-order valence-corrected chi connectivity index (χ4v) is 4.98. The summed E-state index contributed by atoms with van der Waals surface area (Å²) in [5.74, 6) is -0.157. The number of nitrogens with zero attached hydrogens (tertiary/aromatic N) is 1. The second-order valence-corrected chi connectivity index (χ2v) is 9.70. The van der Waals surface area contributed by atoms with Crippen molar-refractivity contribution in [3.05, 3.63) is 64.7 Å². The van der Waals surface area contributed by atoms with Crippen LogP contribution in [0.3, 0.4) is 0 Å². The highest BCUT2D eigenvalue weighted by Gasteiger charge is 2.32. The monoisotopic (exact) mass is 402 g/mol. The van der Waals surface area contributed by atoms with E-state index in [9.17, 15) is 13.2 Å². The van der Waals surface area contributed by atoms with E-state index in [1.807, 2.05) is 19.1 Å². The molecule has 2 N–H and O–H groups in total. The third-order valence-electron chi connectivity index (χ3n) is 4.89. The molecule has 1 atom stereocenters. The molecule has 6 nitrogen and oxygen atoms in total.